The summed E-state index contributed by atoms with van der Waals surface area (Å²) in [6.45, 7) is 1.67. The Hall–Kier alpha value is -1.40. The Labute approximate surface area is 79.9 Å². The zero-order valence-electron chi connectivity index (χ0n) is 7.56. The van der Waals surface area contributed by atoms with Crippen molar-refractivity contribution in [2.75, 3.05) is 6.61 Å². The molecule has 0 saturated carbocycles. The molecule has 2 atom stereocenters. The third-order valence-corrected chi connectivity index (χ3v) is 2.76. The lowest BCUT2D eigenvalue weighted by Crippen LogP contribution is -2.78. The number of hydroxylamine groups is 2. The predicted octanol–water partition coefficient (Wildman–Crippen LogP) is -1.13. The quantitative estimate of drug-likeness (QED) is 0.520. The SMILES string of the molecule is C[C@]12C(C(=O)O)=CCON1C(=O)[C@H]2N. The Balaban J connectivity index is 2.41. The van der Waals surface area contributed by atoms with E-state index < -0.39 is 17.6 Å². The van der Waals surface area contributed by atoms with Crippen LogP contribution in [0.5, 0.6) is 0 Å². The molecule has 0 unspecified atom stereocenters. The highest BCUT2D eigenvalue weighted by Crippen LogP contribution is 2.39. The van der Waals surface area contributed by atoms with Gasteiger partial charge in [-0.25, -0.2) is 9.86 Å². The van der Waals surface area contributed by atoms with Gasteiger partial charge in [-0.15, -0.1) is 0 Å². The first-order valence-corrected chi connectivity index (χ1v) is 4.16. The number of amides is 1. The summed E-state index contributed by atoms with van der Waals surface area (Å²) in [6.07, 6.45) is 1.44. The van der Waals surface area contributed by atoms with Gasteiger partial charge in [-0.3, -0.25) is 9.63 Å². The summed E-state index contributed by atoms with van der Waals surface area (Å²) in [4.78, 5) is 27.1. The predicted molar refractivity (Wildman–Crippen MR) is 44.9 cm³/mol. The molecule has 2 heterocycles. The maximum Gasteiger partial charge on any atom is 0.333 e. The molecule has 0 aromatic heterocycles. The normalized spacial score (nSPS) is 35.9. The molecule has 0 radical (unpaired) electrons. The molecule has 0 bridgehead atoms. The molecule has 14 heavy (non-hydrogen) atoms. The molecule has 3 N–H and O–H groups in total. The van der Waals surface area contributed by atoms with Crippen LogP contribution in [0, 0.1) is 0 Å². The number of nitrogens with zero attached hydrogens (tertiary/aromatic N) is 1. The fraction of sp³-hybridized carbons (Fsp3) is 0.500. The second-order valence-electron chi connectivity index (χ2n) is 3.48. The van der Waals surface area contributed by atoms with E-state index in [0.717, 1.165) is 5.06 Å². The minimum Gasteiger partial charge on any atom is -0.478 e. The van der Waals surface area contributed by atoms with Crippen LogP contribution in [0.4, 0.5) is 0 Å². The minimum atomic E-state index is -1.07. The largest absolute Gasteiger partial charge is 0.478 e. The lowest BCUT2D eigenvalue weighted by atomic mass is 9.76. The van der Waals surface area contributed by atoms with Crippen molar-refractivity contribution in [3.8, 4) is 0 Å². The summed E-state index contributed by atoms with van der Waals surface area (Å²) in [5.74, 6) is -1.44. The topological polar surface area (TPSA) is 92.9 Å². The number of hydrogen-bond acceptors (Lipinski definition) is 4. The van der Waals surface area contributed by atoms with E-state index in [1.807, 2.05) is 0 Å². The third kappa shape index (κ3) is 0.816. The van der Waals surface area contributed by atoms with E-state index >= 15 is 0 Å². The Kier molecular flexibility index (Phi) is 1.67. The number of rotatable bonds is 1. The standard InChI is InChI=1S/C8H10N2O4/c1-8-4(7(12)13)2-3-14-10(8)6(11)5(8)9/h2,5H,3,9H2,1H3,(H,12,13)/t5-,8-/m1/s1. The van der Waals surface area contributed by atoms with E-state index in [2.05, 4.69) is 0 Å². The average Bonchev–Trinajstić information content (AvgIpc) is 2.16. The van der Waals surface area contributed by atoms with Gasteiger partial charge < -0.3 is 10.8 Å². The summed E-state index contributed by atoms with van der Waals surface area (Å²) in [6, 6.07) is -0.829. The van der Waals surface area contributed by atoms with Crippen LogP contribution in [-0.4, -0.2) is 40.2 Å². The summed E-state index contributed by atoms with van der Waals surface area (Å²) in [5.41, 5.74) is 4.67. The second kappa shape index (κ2) is 2.55. The van der Waals surface area contributed by atoms with Gasteiger partial charge in [-0.2, -0.15) is 0 Å². The van der Waals surface area contributed by atoms with Crippen LogP contribution >= 0.6 is 0 Å². The molecule has 0 aliphatic carbocycles. The van der Waals surface area contributed by atoms with Crippen LogP contribution in [0.15, 0.2) is 11.6 Å². The maximum atomic E-state index is 11.2. The molecular weight excluding hydrogens is 188 g/mol. The van der Waals surface area contributed by atoms with Crippen molar-refractivity contribution in [2.45, 2.75) is 18.5 Å². The van der Waals surface area contributed by atoms with Crippen LogP contribution in [-0.2, 0) is 14.4 Å². The fourth-order valence-corrected chi connectivity index (χ4v) is 1.84. The Morgan fingerprint density at radius 3 is 3.07 bits per heavy atom. The van der Waals surface area contributed by atoms with Crippen molar-refractivity contribution >= 4 is 11.9 Å². The molecule has 6 heteroatoms. The van der Waals surface area contributed by atoms with Crippen molar-refractivity contribution in [2.24, 2.45) is 5.73 Å². The number of β-lactam (4-membered cyclic amide) rings is 1. The molecule has 1 saturated heterocycles. The van der Waals surface area contributed by atoms with Gasteiger partial charge in [-0.1, -0.05) is 0 Å². The highest BCUT2D eigenvalue weighted by atomic mass is 16.7. The fourth-order valence-electron chi connectivity index (χ4n) is 1.84. The molecule has 0 aromatic rings. The van der Waals surface area contributed by atoms with E-state index in [1.165, 1.54) is 6.08 Å². The van der Waals surface area contributed by atoms with Crippen LogP contribution in [0.25, 0.3) is 0 Å². The molecule has 0 aromatic carbocycles. The molecule has 2 aliphatic rings. The molecule has 1 amide bonds. The summed E-state index contributed by atoms with van der Waals surface area (Å²) in [5, 5.41) is 9.95. The minimum absolute atomic E-state index is 0.0929. The molecular formula is C8H10N2O4. The maximum absolute atomic E-state index is 11.2. The van der Waals surface area contributed by atoms with Crippen molar-refractivity contribution in [1.29, 1.82) is 0 Å². The van der Waals surface area contributed by atoms with Crippen LogP contribution in [0.3, 0.4) is 0 Å². The first kappa shape index (κ1) is 9.17. The van der Waals surface area contributed by atoms with E-state index in [1.54, 1.807) is 6.92 Å². The number of carboxylic acid groups (broad SMARTS) is 1. The number of hydrogen-bond donors (Lipinski definition) is 2. The lowest BCUT2D eigenvalue weighted by molar-refractivity contribution is -0.251. The van der Waals surface area contributed by atoms with Gasteiger partial charge in [0.2, 0.25) is 0 Å². The van der Waals surface area contributed by atoms with Gasteiger partial charge in [-0.05, 0) is 13.0 Å². The highest BCUT2D eigenvalue weighted by molar-refractivity contribution is 5.99. The molecule has 76 valence electrons. The van der Waals surface area contributed by atoms with Crippen LogP contribution < -0.4 is 5.73 Å². The van der Waals surface area contributed by atoms with Crippen LogP contribution in [0.1, 0.15) is 6.92 Å². The van der Waals surface area contributed by atoms with Crippen molar-refractivity contribution in [3.05, 3.63) is 11.6 Å². The lowest BCUT2D eigenvalue weighted by Gasteiger charge is -2.54. The number of carboxylic acids is 1. The van der Waals surface area contributed by atoms with Crippen molar-refractivity contribution in [1.82, 2.24) is 5.06 Å². The van der Waals surface area contributed by atoms with Gasteiger partial charge in [0.25, 0.3) is 5.91 Å². The number of nitrogens with two attached hydrogens (primary N) is 1. The summed E-state index contributed by atoms with van der Waals surface area (Å²) in [7, 11) is 0. The second-order valence-corrected chi connectivity index (χ2v) is 3.48. The first-order chi connectivity index (χ1) is 6.49. The monoisotopic (exact) mass is 198 g/mol. The number of carbonyl (C=O) groups is 2. The number of fused-ring (bicyclic) bond motifs is 1. The summed E-state index contributed by atoms with van der Waals surface area (Å²) < 4.78 is 0. The zero-order chi connectivity index (χ0) is 10.5. The van der Waals surface area contributed by atoms with Crippen molar-refractivity contribution < 1.29 is 19.5 Å². The van der Waals surface area contributed by atoms with E-state index in [-0.39, 0.29) is 18.1 Å². The molecule has 1 fully saturated rings. The van der Waals surface area contributed by atoms with Gasteiger partial charge in [0.05, 0.1) is 12.2 Å². The number of carbonyl (C=O) groups excluding carboxylic acids is 1. The van der Waals surface area contributed by atoms with Gasteiger partial charge >= 0.3 is 5.97 Å². The Morgan fingerprint density at radius 1 is 1.86 bits per heavy atom. The number of aliphatic carboxylic acids is 1. The average molecular weight is 198 g/mol. The Morgan fingerprint density at radius 2 is 2.50 bits per heavy atom. The molecule has 0 spiro atoms. The molecule has 6 nitrogen and oxygen atoms in total. The van der Waals surface area contributed by atoms with Crippen LogP contribution in [0.2, 0.25) is 0 Å². The van der Waals surface area contributed by atoms with Crippen molar-refractivity contribution in [3.63, 3.8) is 0 Å². The van der Waals surface area contributed by atoms with E-state index in [4.69, 9.17) is 15.7 Å². The van der Waals surface area contributed by atoms with Gasteiger partial charge in [0.1, 0.15) is 11.6 Å². The first-order valence-electron chi connectivity index (χ1n) is 4.16. The van der Waals surface area contributed by atoms with E-state index in [0.29, 0.717) is 0 Å². The Bertz CT molecular complexity index is 351. The van der Waals surface area contributed by atoms with Gasteiger partial charge in [0, 0.05) is 0 Å². The smallest absolute Gasteiger partial charge is 0.333 e. The zero-order valence-corrected chi connectivity index (χ0v) is 7.56. The molecule has 2 aliphatic heterocycles. The molecule has 2 rings (SSSR count). The van der Waals surface area contributed by atoms with E-state index in [9.17, 15) is 9.59 Å². The highest BCUT2D eigenvalue weighted by Gasteiger charge is 2.61. The summed E-state index contributed by atoms with van der Waals surface area (Å²) >= 11 is 0. The third-order valence-electron chi connectivity index (χ3n) is 2.76. The van der Waals surface area contributed by atoms with Gasteiger partial charge in [0.15, 0.2) is 0 Å².